The normalized spacial score (nSPS) is 12.2. The van der Waals surface area contributed by atoms with Crippen molar-refractivity contribution in [3.05, 3.63) is 33.8 Å². The van der Waals surface area contributed by atoms with Gasteiger partial charge >= 0.3 is 0 Å². The zero-order valence-corrected chi connectivity index (χ0v) is 11.4. The van der Waals surface area contributed by atoms with Crippen LogP contribution in [0.1, 0.15) is 12.5 Å². The van der Waals surface area contributed by atoms with E-state index in [1.807, 2.05) is 19.1 Å². The average molecular weight is 278 g/mol. The van der Waals surface area contributed by atoms with Gasteiger partial charge in [-0.05, 0) is 24.6 Å². The minimum Gasteiger partial charge on any atom is -0.358 e. The highest BCUT2D eigenvalue weighted by atomic mass is 35.5. The van der Waals surface area contributed by atoms with Crippen LogP contribution in [0.5, 0.6) is 0 Å². The summed E-state index contributed by atoms with van der Waals surface area (Å²) in [6, 6.07) is 5.51. The van der Waals surface area contributed by atoms with Crippen LogP contribution in [0.25, 0.3) is 0 Å². The minimum absolute atomic E-state index is 0.0325. The van der Waals surface area contributed by atoms with E-state index in [-0.39, 0.29) is 11.2 Å². The fourth-order valence-electron chi connectivity index (χ4n) is 1.13. The van der Waals surface area contributed by atoms with Crippen molar-refractivity contribution in [2.24, 2.45) is 0 Å². The first kappa shape index (κ1) is 13.7. The Bertz CT molecular complexity index is 384. The molecule has 1 N–H and O–H groups in total. The number of benzene rings is 1. The third kappa shape index (κ3) is 3.89. The molecule has 1 aromatic carbocycles. The Morgan fingerprint density at radius 1 is 1.44 bits per heavy atom. The monoisotopic (exact) mass is 277 g/mol. The third-order valence-corrected chi connectivity index (χ3v) is 4.05. The third-order valence-electron chi connectivity index (χ3n) is 2.10. The Morgan fingerprint density at radius 2 is 2.12 bits per heavy atom. The second-order valence-electron chi connectivity index (χ2n) is 3.32. The first-order valence-electron chi connectivity index (χ1n) is 4.81. The van der Waals surface area contributed by atoms with Gasteiger partial charge in [-0.25, -0.2) is 0 Å². The van der Waals surface area contributed by atoms with Crippen LogP contribution in [0.3, 0.4) is 0 Å². The van der Waals surface area contributed by atoms with Crippen LogP contribution in [0.4, 0.5) is 0 Å². The first-order chi connectivity index (χ1) is 7.54. The van der Waals surface area contributed by atoms with Crippen molar-refractivity contribution < 1.29 is 4.79 Å². The van der Waals surface area contributed by atoms with Gasteiger partial charge in [0.2, 0.25) is 5.91 Å². The molecule has 0 aromatic heterocycles. The number of amides is 1. The van der Waals surface area contributed by atoms with Gasteiger partial charge in [0, 0.05) is 12.8 Å². The van der Waals surface area contributed by atoms with Gasteiger partial charge in [-0.15, -0.1) is 11.8 Å². The summed E-state index contributed by atoms with van der Waals surface area (Å²) in [6.45, 7) is 1.88. The summed E-state index contributed by atoms with van der Waals surface area (Å²) in [5.74, 6) is 0.774. The molecule has 1 atom stereocenters. The van der Waals surface area contributed by atoms with Gasteiger partial charge in [0.1, 0.15) is 0 Å². The second kappa shape index (κ2) is 6.38. The van der Waals surface area contributed by atoms with E-state index in [2.05, 4.69) is 5.32 Å². The Labute approximate surface area is 110 Å². The Hall–Kier alpha value is -0.380. The number of hydrogen-bond donors (Lipinski definition) is 1. The molecule has 1 aromatic rings. The SMILES string of the molecule is CNC(=O)[C@@H](C)SCc1ccc(Cl)c(Cl)c1. The Morgan fingerprint density at radius 3 is 2.69 bits per heavy atom. The molecule has 1 rings (SSSR count). The van der Waals surface area contributed by atoms with Crippen LogP contribution in [-0.4, -0.2) is 18.2 Å². The predicted octanol–water partition coefficient (Wildman–Crippen LogP) is 3.36. The summed E-state index contributed by atoms with van der Waals surface area (Å²) in [5.41, 5.74) is 1.06. The summed E-state index contributed by atoms with van der Waals surface area (Å²) in [4.78, 5) is 11.3. The molecule has 0 heterocycles. The largest absolute Gasteiger partial charge is 0.358 e. The van der Waals surface area contributed by atoms with Crippen molar-refractivity contribution in [2.75, 3.05) is 7.05 Å². The highest BCUT2D eigenvalue weighted by Gasteiger charge is 2.11. The maximum Gasteiger partial charge on any atom is 0.232 e. The molecule has 0 saturated carbocycles. The number of halogens is 2. The molecular weight excluding hydrogens is 265 g/mol. The van der Waals surface area contributed by atoms with Crippen LogP contribution in [-0.2, 0) is 10.5 Å². The number of rotatable bonds is 4. The van der Waals surface area contributed by atoms with E-state index in [1.165, 1.54) is 0 Å². The molecule has 0 fully saturated rings. The first-order valence-corrected chi connectivity index (χ1v) is 6.62. The van der Waals surface area contributed by atoms with Gasteiger partial charge in [-0.2, -0.15) is 0 Å². The standard InChI is InChI=1S/C11H13Cl2NOS/c1-7(11(15)14-2)16-6-8-3-4-9(12)10(13)5-8/h3-5,7H,6H2,1-2H3,(H,14,15)/t7-/m1/s1. The fourth-order valence-corrected chi connectivity index (χ4v) is 2.34. The van der Waals surface area contributed by atoms with Crippen LogP contribution in [0, 0.1) is 0 Å². The van der Waals surface area contributed by atoms with E-state index in [0.717, 1.165) is 11.3 Å². The van der Waals surface area contributed by atoms with Crippen molar-refractivity contribution in [1.82, 2.24) is 5.32 Å². The van der Waals surface area contributed by atoms with Crippen LogP contribution in [0.15, 0.2) is 18.2 Å². The minimum atomic E-state index is -0.0700. The molecule has 0 bridgehead atoms. The topological polar surface area (TPSA) is 29.1 Å². The smallest absolute Gasteiger partial charge is 0.232 e. The van der Waals surface area contributed by atoms with Crippen LogP contribution in [0.2, 0.25) is 10.0 Å². The lowest BCUT2D eigenvalue weighted by Gasteiger charge is -2.09. The van der Waals surface area contributed by atoms with E-state index in [9.17, 15) is 4.79 Å². The van der Waals surface area contributed by atoms with Crippen molar-refractivity contribution in [3.8, 4) is 0 Å². The lowest BCUT2D eigenvalue weighted by molar-refractivity contribution is -0.119. The Kier molecular flexibility index (Phi) is 5.46. The molecule has 88 valence electrons. The summed E-state index contributed by atoms with van der Waals surface area (Å²) < 4.78 is 0. The summed E-state index contributed by atoms with van der Waals surface area (Å²) in [7, 11) is 1.64. The summed E-state index contributed by atoms with van der Waals surface area (Å²) in [6.07, 6.45) is 0. The van der Waals surface area contributed by atoms with Gasteiger partial charge in [0.15, 0.2) is 0 Å². The molecule has 16 heavy (non-hydrogen) atoms. The molecule has 0 aliphatic rings. The molecule has 2 nitrogen and oxygen atoms in total. The average Bonchev–Trinajstić information content (AvgIpc) is 2.29. The van der Waals surface area contributed by atoms with Crippen LogP contribution >= 0.6 is 35.0 Å². The quantitative estimate of drug-likeness (QED) is 0.915. The van der Waals surface area contributed by atoms with Crippen LogP contribution < -0.4 is 5.32 Å². The molecule has 0 spiro atoms. The molecule has 5 heteroatoms. The van der Waals surface area contributed by atoms with E-state index in [0.29, 0.717) is 10.0 Å². The number of nitrogens with one attached hydrogen (secondary N) is 1. The molecule has 0 aliphatic carbocycles. The number of carbonyl (C=O) groups excluding carboxylic acids is 1. The van der Waals surface area contributed by atoms with Crippen molar-refractivity contribution in [1.29, 1.82) is 0 Å². The maximum absolute atomic E-state index is 11.3. The summed E-state index contributed by atoms with van der Waals surface area (Å²) >= 11 is 13.3. The van der Waals surface area contributed by atoms with Gasteiger partial charge in [-0.1, -0.05) is 29.3 Å². The summed E-state index contributed by atoms with van der Waals surface area (Å²) in [5, 5.41) is 3.64. The van der Waals surface area contributed by atoms with Gasteiger partial charge in [-0.3, -0.25) is 4.79 Å². The van der Waals surface area contributed by atoms with Gasteiger partial charge in [0.25, 0.3) is 0 Å². The fraction of sp³-hybridized carbons (Fsp3) is 0.364. The van der Waals surface area contributed by atoms with Crippen molar-refractivity contribution in [2.45, 2.75) is 17.9 Å². The highest BCUT2D eigenvalue weighted by Crippen LogP contribution is 2.25. The van der Waals surface area contributed by atoms with Crippen molar-refractivity contribution in [3.63, 3.8) is 0 Å². The lowest BCUT2D eigenvalue weighted by atomic mass is 10.2. The van der Waals surface area contributed by atoms with Crippen molar-refractivity contribution >= 4 is 40.9 Å². The molecule has 1 amide bonds. The van der Waals surface area contributed by atoms with E-state index in [1.54, 1.807) is 24.9 Å². The number of thioether (sulfide) groups is 1. The van der Waals surface area contributed by atoms with Gasteiger partial charge < -0.3 is 5.32 Å². The Balaban J connectivity index is 2.55. The zero-order chi connectivity index (χ0) is 12.1. The number of hydrogen-bond acceptors (Lipinski definition) is 2. The van der Waals surface area contributed by atoms with Gasteiger partial charge in [0.05, 0.1) is 15.3 Å². The second-order valence-corrected chi connectivity index (χ2v) is 5.46. The maximum atomic E-state index is 11.3. The molecule has 0 saturated heterocycles. The molecule has 0 unspecified atom stereocenters. The van der Waals surface area contributed by atoms with E-state index < -0.39 is 0 Å². The lowest BCUT2D eigenvalue weighted by Crippen LogP contribution is -2.27. The molecular formula is C11H13Cl2NOS. The predicted molar refractivity (Wildman–Crippen MR) is 71.3 cm³/mol. The molecule has 0 aliphatic heterocycles. The van der Waals surface area contributed by atoms with E-state index in [4.69, 9.17) is 23.2 Å². The van der Waals surface area contributed by atoms with E-state index >= 15 is 0 Å². The zero-order valence-electron chi connectivity index (χ0n) is 9.09. The number of carbonyl (C=O) groups is 1. The molecule has 0 radical (unpaired) electrons. The highest BCUT2D eigenvalue weighted by molar-refractivity contribution is 7.99.